The fraction of sp³-hybridized carbons (Fsp3) is 0. The van der Waals surface area contributed by atoms with Gasteiger partial charge in [-0.15, -0.1) is 0 Å². The van der Waals surface area contributed by atoms with Crippen molar-refractivity contribution in [3.63, 3.8) is 0 Å². The summed E-state index contributed by atoms with van der Waals surface area (Å²) in [5.41, 5.74) is -0.716. The van der Waals surface area contributed by atoms with Gasteiger partial charge in [-0.25, -0.2) is 9.37 Å². The van der Waals surface area contributed by atoms with Gasteiger partial charge in [0.1, 0.15) is 16.7 Å². The molecule has 0 aliphatic heterocycles. The first-order valence-electron chi connectivity index (χ1n) is 5.45. The van der Waals surface area contributed by atoms with Crippen LogP contribution in [0.5, 0.6) is 0 Å². The summed E-state index contributed by atoms with van der Waals surface area (Å²) in [5.74, 6) is -1.58. The number of nitro groups is 1. The van der Waals surface area contributed by atoms with Crippen molar-refractivity contribution in [2.75, 3.05) is 5.32 Å². The van der Waals surface area contributed by atoms with E-state index in [9.17, 15) is 19.3 Å². The maximum atomic E-state index is 13.1. The van der Waals surface area contributed by atoms with E-state index in [1.807, 2.05) is 0 Å². The Labute approximate surface area is 127 Å². The Hall–Kier alpha value is -2.25. The fourth-order valence-electron chi connectivity index (χ4n) is 1.53. The van der Waals surface area contributed by atoms with Crippen LogP contribution in [0, 0.1) is 15.9 Å². The average Bonchev–Trinajstić information content (AvgIpc) is 2.43. The molecule has 0 saturated carbocycles. The first kappa shape index (κ1) is 15.1. The summed E-state index contributed by atoms with van der Waals surface area (Å²) in [4.78, 5) is 25.7. The maximum absolute atomic E-state index is 13.1. The summed E-state index contributed by atoms with van der Waals surface area (Å²) in [7, 11) is 0. The van der Waals surface area contributed by atoms with Crippen molar-refractivity contribution in [3.8, 4) is 0 Å². The Morgan fingerprint density at radius 2 is 2.05 bits per heavy atom. The SMILES string of the molecule is O=C(Nc1ccc(Cl)cc1[N+](=O)[O-])c1cc(F)cnc1Cl. The second-order valence-electron chi connectivity index (χ2n) is 3.86. The molecule has 0 spiro atoms. The van der Waals surface area contributed by atoms with Crippen molar-refractivity contribution >= 4 is 40.5 Å². The van der Waals surface area contributed by atoms with Gasteiger partial charge >= 0.3 is 0 Å². The molecule has 0 atom stereocenters. The standard InChI is InChI=1S/C12H6Cl2FN3O3/c13-6-1-2-9(10(3-6)18(20)21)17-12(19)8-4-7(15)5-16-11(8)14/h1-5H,(H,17,19). The van der Waals surface area contributed by atoms with Gasteiger partial charge in [-0.1, -0.05) is 23.2 Å². The molecule has 21 heavy (non-hydrogen) atoms. The van der Waals surface area contributed by atoms with Crippen molar-refractivity contribution in [2.24, 2.45) is 0 Å². The largest absolute Gasteiger partial charge is 0.316 e. The number of halogens is 3. The number of carbonyl (C=O) groups excluding carboxylic acids is 1. The molecular weight excluding hydrogens is 324 g/mol. The van der Waals surface area contributed by atoms with Gasteiger partial charge in [0.2, 0.25) is 0 Å². The highest BCUT2D eigenvalue weighted by Crippen LogP contribution is 2.28. The molecule has 1 aromatic carbocycles. The first-order chi connectivity index (χ1) is 9.88. The minimum absolute atomic E-state index is 0.0882. The molecule has 1 heterocycles. The lowest BCUT2D eigenvalue weighted by Gasteiger charge is -2.07. The third-order valence-corrected chi connectivity index (χ3v) is 2.99. The number of aromatic nitrogens is 1. The van der Waals surface area contributed by atoms with Gasteiger partial charge in [-0.05, 0) is 18.2 Å². The smallest absolute Gasteiger partial charge is 0.294 e. The van der Waals surface area contributed by atoms with Crippen molar-refractivity contribution in [1.29, 1.82) is 0 Å². The van der Waals surface area contributed by atoms with Gasteiger partial charge in [0.15, 0.2) is 0 Å². The molecule has 9 heteroatoms. The van der Waals surface area contributed by atoms with Gasteiger partial charge in [0, 0.05) is 11.1 Å². The zero-order valence-corrected chi connectivity index (χ0v) is 11.7. The van der Waals surface area contributed by atoms with E-state index < -0.39 is 22.3 Å². The van der Waals surface area contributed by atoms with Crippen molar-refractivity contribution in [2.45, 2.75) is 0 Å². The molecular formula is C12H6Cl2FN3O3. The predicted octanol–water partition coefficient (Wildman–Crippen LogP) is 3.69. The van der Waals surface area contributed by atoms with Gasteiger partial charge in [0.05, 0.1) is 16.7 Å². The Balaban J connectivity index is 2.36. The Bertz CT molecular complexity index is 740. The minimum Gasteiger partial charge on any atom is -0.316 e. The lowest BCUT2D eigenvalue weighted by molar-refractivity contribution is -0.383. The van der Waals surface area contributed by atoms with Crippen LogP contribution in [0.25, 0.3) is 0 Å². The van der Waals surface area contributed by atoms with Crippen LogP contribution in [0.1, 0.15) is 10.4 Å². The monoisotopic (exact) mass is 329 g/mol. The van der Waals surface area contributed by atoms with E-state index in [-0.39, 0.29) is 21.4 Å². The summed E-state index contributed by atoms with van der Waals surface area (Å²) >= 11 is 11.4. The molecule has 108 valence electrons. The molecule has 1 N–H and O–H groups in total. The van der Waals surface area contributed by atoms with Crippen molar-refractivity contribution < 1.29 is 14.1 Å². The Kier molecular flexibility index (Phi) is 4.35. The van der Waals surface area contributed by atoms with Crippen LogP contribution in [-0.2, 0) is 0 Å². The number of hydrogen-bond acceptors (Lipinski definition) is 4. The van der Waals surface area contributed by atoms with E-state index in [1.165, 1.54) is 12.1 Å². The van der Waals surface area contributed by atoms with Crippen LogP contribution in [0.2, 0.25) is 10.2 Å². The molecule has 0 radical (unpaired) electrons. The summed E-state index contributed by atoms with van der Waals surface area (Å²) in [6.07, 6.45) is 0.851. The third-order valence-electron chi connectivity index (χ3n) is 2.46. The third kappa shape index (κ3) is 3.45. The number of benzene rings is 1. The van der Waals surface area contributed by atoms with Gasteiger partial charge in [-0.2, -0.15) is 0 Å². The lowest BCUT2D eigenvalue weighted by Crippen LogP contribution is -2.14. The molecule has 2 aromatic rings. The number of amides is 1. The molecule has 0 aliphatic rings. The van der Waals surface area contributed by atoms with Crippen LogP contribution in [0.15, 0.2) is 30.5 Å². The molecule has 2 rings (SSSR count). The second kappa shape index (κ2) is 6.02. The van der Waals surface area contributed by atoms with Crippen LogP contribution >= 0.6 is 23.2 Å². The molecule has 6 nitrogen and oxygen atoms in total. The lowest BCUT2D eigenvalue weighted by atomic mass is 10.2. The zero-order chi connectivity index (χ0) is 15.6. The number of hydrogen-bond donors (Lipinski definition) is 1. The molecule has 0 fully saturated rings. The number of carbonyl (C=O) groups is 1. The van der Waals surface area contributed by atoms with Crippen LogP contribution in [0.3, 0.4) is 0 Å². The normalized spacial score (nSPS) is 10.2. The number of nitro benzene ring substituents is 1. The van der Waals surface area contributed by atoms with Gasteiger partial charge < -0.3 is 5.32 Å². The molecule has 1 aromatic heterocycles. The fourth-order valence-corrected chi connectivity index (χ4v) is 1.89. The van der Waals surface area contributed by atoms with E-state index in [0.717, 1.165) is 18.3 Å². The molecule has 1 amide bonds. The number of anilines is 1. The van der Waals surface area contributed by atoms with E-state index >= 15 is 0 Å². The highest BCUT2D eigenvalue weighted by atomic mass is 35.5. The Morgan fingerprint density at radius 3 is 2.71 bits per heavy atom. The topological polar surface area (TPSA) is 85.1 Å². The predicted molar refractivity (Wildman–Crippen MR) is 75.3 cm³/mol. The Morgan fingerprint density at radius 1 is 1.33 bits per heavy atom. The molecule has 0 saturated heterocycles. The first-order valence-corrected chi connectivity index (χ1v) is 6.20. The summed E-state index contributed by atoms with van der Waals surface area (Å²) in [6, 6.07) is 4.60. The quantitative estimate of drug-likeness (QED) is 0.528. The molecule has 0 unspecified atom stereocenters. The van der Waals surface area contributed by atoms with Gasteiger partial charge in [-0.3, -0.25) is 14.9 Å². The number of nitrogens with one attached hydrogen (secondary N) is 1. The molecule has 0 aliphatic carbocycles. The van der Waals surface area contributed by atoms with E-state index in [1.54, 1.807) is 0 Å². The van der Waals surface area contributed by atoms with E-state index in [4.69, 9.17) is 23.2 Å². The number of rotatable bonds is 3. The van der Waals surface area contributed by atoms with Gasteiger partial charge in [0.25, 0.3) is 11.6 Å². The minimum atomic E-state index is -0.822. The number of pyridine rings is 1. The van der Waals surface area contributed by atoms with Crippen molar-refractivity contribution in [3.05, 3.63) is 62.1 Å². The van der Waals surface area contributed by atoms with E-state index in [0.29, 0.717) is 0 Å². The summed E-state index contributed by atoms with van der Waals surface area (Å²) < 4.78 is 13.1. The van der Waals surface area contributed by atoms with E-state index in [2.05, 4.69) is 10.3 Å². The second-order valence-corrected chi connectivity index (χ2v) is 4.66. The van der Waals surface area contributed by atoms with Crippen LogP contribution < -0.4 is 5.32 Å². The maximum Gasteiger partial charge on any atom is 0.294 e. The summed E-state index contributed by atoms with van der Waals surface area (Å²) in [5, 5.41) is 13.1. The van der Waals surface area contributed by atoms with Crippen molar-refractivity contribution in [1.82, 2.24) is 4.98 Å². The number of nitrogens with zero attached hydrogens (tertiary/aromatic N) is 2. The summed E-state index contributed by atoms with van der Waals surface area (Å²) in [6.45, 7) is 0. The zero-order valence-electron chi connectivity index (χ0n) is 10.1. The van der Waals surface area contributed by atoms with Crippen LogP contribution in [-0.4, -0.2) is 15.8 Å². The molecule has 0 bridgehead atoms. The van der Waals surface area contributed by atoms with Crippen LogP contribution in [0.4, 0.5) is 15.8 Å². The average molecular weight is 330 g/mol. The highest BCUT2D eigenvalue weighted by Gasteiger charge is 2.19. The highest BCUT2D eigenvalue weighted by molar-refractivity contribution is 6.33.